The van der Waals surface area contributed by atoms with Crippen LogP contribution in [0.4, 0.5) is 5.69 Å². The average Bonchev–Trinajstić information content (AvgIpc) is 2.94. The van der Waals surface area contributed by atoms with Crippen molar-refractivity contribution in [2.45, 2.75) is 31.3 Å². The molecule has 2 aromatic rings. The number of nitrogens with one attached hydrogen (secondary N) is 1. The average molecular weight is 377 g/mol. The predicted molar refractivity (Wildman–Crippen MR) is 95.6 cm³/mol. The molecular formula is C18H19NO6S. The first kappa shape index (κ1) is 18.1. The number of carboxylic acid groups (broad SMARTS) is 1. The maximum atomic E-state index is 12.7. The summed E-state index contributed by atoms with van der Waals surface area (Å²) in [6.45, 7) is 4.11. The molecule has 0 amide bonds. The molecule has 0 aromatic heterocycles. The van der Waals surface area contributed by atoms with Gasteiger partial charge in [0.25, 0.3) is 10.0 Å². The van der Waals surface area contributed by atoms with Crippen LogP contribution in [-0.4, -0.2) is 32.2 Å². The van der Waals surface area contributed by atoms with Crippen molar-refractivity contribution >= 4 is 21.7 Å². The maximum absolute atomic E-state index is 12.7. The first-order valence-electron chi connectivity index (χ1n) is 8.12. The van der Waals surface area contributed by atoms with E-state index in [1.54, 1.807) is 19.1 Å². The number of carbonyl (C=O) groups is 1. The first-order chi connectivity index (χ1) is 12.3. The number of aromatic carboxylic acids is 1. The Balaban J connectivity index is 1.98. The van der Waals surface area contributed by atoms with Crippen molar-refractivity contribution in [3.8, 4) is 11.5 Å². The lowest BCUT2D eigenvalue weighted by Crippen LogP contribution is -2.15. The lowest BCUT2D eigenvalue weighted by Gasteiger charge is -2.15. The van der Waals surface area contributed by atoms with Crippen molar-refractivity contribution in [3.63, 3.8) is 0 Å². The molecule has 138 valence electrons. The van der Waals surface area contributed by atoms with Crippen LogP contribution < -0.4 is 14.2 Å². The second-order valence-corrected chi connectivity index (χ2v) is 7.64. The number of hydrogen-bond acceptors (Lipinski definition) is 5. The van der Waals surface area contributed by atoms with E-state index < -0.39 is 16.0 Å². The van der Waals surface area contributed by atoms with Gasteiger partial charge in [-0.1, -0.05) is 6.07 Å². The van der Waals surface area contributed by atoms with Crippen molar-refractivity contribution < 1.29 is 27.8 Å². The lowest BCUT2D eigenvalue weighted by molar-refractivity contribution is 0.0696. The molecule has 0 aliphatic carbocycles. The summed E-state index contributed by atoms with van der Waals surface area (Å²) in [5.41, 5.74) is 1.10. The van der Waals surface area contributed by atoms with Crippen LogP contribution in [0.2, 0.25) is 0 Å². The van der Waals surface area contributed by atoms with Gasteiger partial charge >= 0.3 is 5.97 Å². The molecule has 2 aromatic carbocycles. The number of carboxylic acids is 1. The van der Waals surface area contributed by atoms with E-state index in [2.05, 4.69) is 4.72 Å². The Kier molecular flexibility index (Phi) is 4.78. The second-order valence-electron chi connectivity index (χ2n) is 5.96. The zero-order valence-corrected chi connectivity index (χ0v) is 15.2. The minimum atomic E-state index is -3.99. The predicted octanol–water partition coefficient (Wildman–Crippen LogP) is 2.91. The van der Waals surface area contributed by atoms with Crippen molar-refractivity contribution in [3.05, 3.63) is 47.5 Å². The van der Waals surface area contributed by atoms with E-state index in [-0.39, 0.29) is 22.3 Å². The Morgan fingerprint density at radius 3 is 2.81 bits per heavy atom. The molecule has 2 N–H and O–H groups in total. The van der Waals surface area contributed by atoms with E-state index in [0.717, 1.165) is 18.1 Å². The van der Waals surface area contributed by atoms with Crippen LogP contribution in [0.15, 0.2) is 41.3 Å². The number of rotatable bonds is 6. The zero-order chi connectivity index (χ0) is 18.9. The number of benzene rings is 2. The fourth-order valence-electron chi connectivity index (χ4n) is 2.79. The van der Waals surface area contributed by atoms with Crippen LogP contribution in [-0.2, 0) is 16.4 Å². The fraction of sp³-hybridized carbons (Fsp3) is 0.278. The van der Waals surface area contributed by atoms with Gasteiger partial charge in [0.05, 0.1) is 22.8 Å². The Morgan fingerprint density at radius 1 is 1.35 bits per heavy atom. The maximum Gasteiger partial charge on any atom is 0.335 e. The third-order valence-electron chi connectivity index (χ3n) is 3.93. The molecule has 7 nitrogen and oxygen atoms in total. The summed E-state index contributed by atoms with van der Waals surface area (Å²) in [7, 11) is -3.99. The van der Waals surface area contributed by atoms with E-state index in [0.29, 0.717) is 18.1 Å². The van der Waals surface area contributed by atoms with Gasteiger partial charge in [-0.3, -0.25) is 4.72 Å². The molecule has 8 heteroatoms. The van der Waals surface area contributed by atoms with Crippen molar-refractivity contribution in [1.82, 2.24) is 0 Å². The van der Waals surface area contributed by atoms with Gasteiger partial charge in [0, 0.05) is 18.1 Å². The van der Waals surface area contributed by atoms with Gasteiger partial charge in [0.1, 0.15) is 17.6 Å². The first-order valence-corrected chi connectivity index (χ1v) is 9.61. The molecule has 1 atom stereocenters. The highest BCUT2D eigenvalue weighted by molar-refractivity contribution is 7.92. The van der Waals surface area contributed by atoms with Gasteiger partial charge < -0.3 is 14.6 Å². The summed E-state index contributed by atoms with van der Waals surface area (Å²) in [4.78, 5) is 10.9. The van der Waals surface area contributed by atoms with Gasteiger partial charge in [0.15, 0.2) is 0 Å². The topological polar surface area (TPSA) is 102 Å². The van der Waals surface area contributed by atoms with E-state index in [1.807, 2.05) is 6.92 Å². The Labute approximate surface area is 151 Å². The Morgan fingerprint density at radius 2 is 2.12 bits per heavy atom. The quantitative estimate of drug-likeness (QED) is 0.803. The summed E-state index contributed by atoms with van der Waals surface area (Å²) in [6.07, 6.45) is 0.738. The number of ether oxygens (including phenoxy) is 2. The molecule has 26 heavy (non-hydrogen) atoms. The van der Waals surface area contributed by atoms with Gasteiger partial charge in [-0.2, -0.15) is 0 Å². The normalized spacial score (nSPS) is 15.8. The van der Waals surface area contributed by atoms with E-state index in [1.165, 1.54) is 18.2 Å². The second kappa shape index (κ2) is 6.87. The summed E-state index contributed by atoms with van der Waals surface area (Å²) in [5, 5.41) is 9.06. The van der Waals surface area contributed by atoms with Crippen molar-refractivity contribution in [2.75, 3.05) is 11.3 Å². The molecule has 0 radical (unpaired) electrons. The Bertz CT molecular complexity index is 954. The standard InChI is InChI=1S/C18H19NO6S/c1-3-24-17-9-13-7-11(2)25-16(13)10-15(17)19-26(22,23)14-6-4-5-12(8-14)18(20)21/h4-6,8-11,19H,3,7H2,1-2H3,(H,20,21)/t11-/m1/s1. The SMILES string of the molecule is CCOc1cc2c(cc1NS(=O)(=O)c1cccc(C(=O)O)c1)O[C@H](C)C2. The van der Waals surface area contributed by atoms with Crippen LogP contribution in [0.25, 0.3) is 0 Å². The third kappa shape index (κ3) is 3.60. The number of hydrogen-bond donors (Lipinski definition) is 2. The molecule has 0 saturated heterocycles. The van der Waals surface area contributed by atoms with Crippen molar-refractivity contribution in [2.24, 2.45) is 0 Å². The largest absolute Gasteiger partial charge is 0.492 e. The minimum absolute atomic E-state index is 0.0126. The molecule has 0 spiro atoms. The van der Waals surface area contributed by atoms with E-state index in [9.17, 15) is 13.2 Å². The summed E-state index contributed by atoms with van der Waals surface area (Å²) < 4.78 is 39.1. The fourth-order valence-corrected chi connectivity index (χ4v) is 3.90. The molecule has 1 aliphatic heterocycles. The van der Waals surface area contributed by atoms with Crippen LogP contribution in [0.5, 0.6) is 11.5 Å². The van der Waals surface area contributed by atoms with Gasteiger partial charge in [-0.15, -0.1) is 0 Å². The molecule has 1 heterocycles. The van der Waals surface area contributed by atoms with Crippen molar-refractivity contribution in [1.29, 1.82) is 0 Å². The monoisotopic (exact) mass is 377 g/mol. The minimum Gasteiger partial charge on any atom is -0.492 e. The number of fused-ring (bicyclic) bond motifs is 1. The van der Waals surface area contributed by atoms with Crippen LogP contribution >= 0.6 is 0 Å². The molecule has 0 fully saturated rings. The molecule has 0 bridgehead atoms. The van der Waals surface area contributed by atoms with Crippen LogP contribution in [0.3, 0.4) is 0 Å². The molecule has 0 saturated carbocycles. The summed E-state index contributed by atoms with van der Waals surface area (Å²) >= 11 is 0. The van der Waals surface area contributed by atoms with Gasteiger partial charge in [-0.05, 0) is 38.1 Å². The van der Waals surface area contributed by atoms with E-state index >= 15 is 0 Å². The smallest absolute Gasteiger partial charge is 0.335 e. The molecular weight excluding hydrogens is 358 g/mol. The zero-order valence-electron chi connectivity index (χ0n) is 14.4. The van der Waals surface area contributed by atoms with Crippen LogP contribution in [0.1, 0.15) is 29.8 Å². The van der Waals surface area contributed by atoms with E-state index in [4.69, 9.17) is 14.6 Å². The highest BCUT2D eigenvalue weighted by Crippen LogP contribution is 2.38. The molecule has 3 rings (SSSR count). The Hall–Kier alpha value is -2.74. The summed E-state index contributed by atoms with van der Waals surface area (Å²) in [6, 6.07) is 8.53. The molecule has 1 aliphatic rings. The number of anilines is 1. The highest BCUT2D eigenvalue weighted by Gasteiger charge is 2.24. The third-order valence-corrected chi connectivity index (χ3v) is 5.30. The van der Waals surface area contributed by atoms with Gasteiger partial charge in [0.2, 0.25) is 0 Å². The number of sulfonamides is 1. The van der Waals surface area contributed by atoms with Crippen LogP contribution in [0, 0.1) is 0 Å². The highest BCUT2D eigenvalue weighted by atomic mass is 32.2. The lowest BCUT2D eigenvalue weighted by atomic mass is 10.1. The molecule has 0 unspecified atom stereocenters. The summed E-state index contributed by atoms with van der Waals surface area (Å²) in [5.74, 6) is -0.183. The van der Waals surface area contributed by atoms with Gasteiger partial charge in [-0.25, -0.2) is 13.2 Å².